The van der Waals surface area contributed by atoms with Gasteiger partial charge in [0.25, 0.3) is 0 Å². The topological polar surface area (TPSA) is 41.5 Å². The van der Waals surface area contributed by atoms with Crippen molar-refractivity contribution in [2.75, 3.05) is 26.3 Å². The zero-order valence-electron chi connectivity index (χ0n) is 8.39. The molecule has 0 aromatic rings. The van der Waals surface area contributed by atoms with Crippen LogP contribution in [0.2, 0.25) is 0 Å². The van der Waals surface area contributed by atoms with Crippen LogP contribution >= 0.6 is 0 Å². The maximum absolute atomic E-state index is 11.9. The van der Waals surface area contributed by atoms with E-state index in [4.69, 9.17) is 9.84 Å². The summed E-state index contributed by atoms with van der Waals surface area (Å²) in [7, 11) is 0. The Balaban J connectivity index is 2.10. The highest BCUT2D eigenvalue weighted by atomic mass is 19.4. The van der Waals surface area contributed by atoms with Gasteiger partial charge in [-0.05, 0) is 25.3 Å². The monoisotopic (exact) mass is 227 g/mol. The molecule has 0 bridgehead atoms. The second-order valence-corrected chi connectivity index (χ2v) is 3.77. The number of ether oxygens (including phenoxy) is 1. The van der Waals surface area contributed by atoms with Gasteiger partial charge in [-0.2, -0.15) is 13.2 Å². The highest BCUT2D eigenvalue weighted by Gasteiger charge is 2.37. The fourth-order valence-electron chi connectivity index (χ4n) is 1.49. The van der Waals surface area contributed by atoms with E-state index in [2.05, 4.69) is 5.32 Å². The van der Waals surface area contributed by atoms with Gasteiger partial charge in [0.05, 0.1) is 0 Å². The molecular weight excluding hydrogens is 211 g/mol. The van der Waals surface area contributed by atoms with E-state index in [1.807, 2.05) is 0 Å². The van der Waals surface area contributed by atoms with Gasteiger partial charge in [-0.1, -0.05) is 0 Å². The van der Waals surface area contributed by atoms with Crippen molar-refractivity contribution in [1.82, 2.24) is 5.32 Å². The Morgan fingerprint density at radius 1 is 1.33 bits per heavy atom. The van der Waals surface area contributed by atoms with Crippen molar-refractivity contribution >= 4 is 0 Å². The van der Waals surface area contributed by atoms with Crippen LogP contribution < -0.4 is 5.32 Å². The number of nitrogens with one attached hydrogen (secondary N) is 1. The third-order valence-electron chi connectivity index (χ3n) is 2.49. The molecule has 0 aromatic heterocycles. The Morgan fingerprint density at radius 3 is 2.47 bits per heavy atom. The number of hydrogen-bond donors (Lipinski definition) is 2. The fourth-order valence-corrected chi connectivity index (χ4v) is 1.49. The molecule has 0 amide bonds. The lowest BCUT2D eigenvalue weighted by atomic mass is 10.0. The second kappa shape index (κ2) is 5.67. The molecule has 0 spiro atoms. The van der Waals surface area contributed by atoms with E-state index in [0.717, 1.165) is 12.8 Å². The van der Waals surface area contributed by atoms with Gasteiger partial charge in [-0.15, -0.1) is 0 Å². The number of aliphatic hydroxyl groups excluding tert-OH is 1. The van der Waals surface area contributed by atoms with Gasteiger partial charge in [0.1, 0.15) is 0 Å². The molecule has 0 aliphatic carbocycles. The average Bonchev–Trinajstić information content (AvgIpc) is 2.18. The second-order valence-electron chi connectivity index (χ2n) is 3.77. The van der Waals surface area contributed by atoms with Gasteiger partial charge in [-0.3, -0.25) is 0 Å². The lowest BCUT2D eigenvalue weighted by Crippen LogP contribution is -2.40. The Labute approximate surface area is 86.6 Å². The number of aliphatic hydroxyl groups is 1. The average molecular weight is 227 g/mol. The first kappa shape index (κ1) is 12.7. The predicted octanol–water partition coefficient (Wildman–Crippen LogP) is 0.926. The Kier molecular flexibility index (Phi) is 4.82. The SMILES string of the molecule is OC(CNCC1CCOCC1)C(F)(F)F. The van der Waals surface area contributed by atoms with E-state index in [9.17, 15) is 13.2 Å². The van der Waals surface area contributed by atoms with E-state index in [1.165, 1.54) is 0 Å². The standard InChI is InChI=1S/C9H16F3NO2/c10-9(11,12)8(14)6-13-5-7-1-3-15-4-2-7/h7-8,13-14H,1-6H2. The summed E-state index contributed by atoms with van der Waals surface area (Å²) >= 11 is 0. The minimum Gasteiger partial charge on any atom is -0.382 e. The van der Waals surface area contributed by atoms with Crippen LogP contribution in [0.1, 0.15) is 12.8 Å². The van der Waals surface area contributed by atoms with Crippen LogP contribution in [0, 0.1) is 5.92 Å². The molecule has 2 N–H and O–H groups in total. The van der Waals surface area contributed by atoms with Crippen LogP contribution in [0.3, 0.4) is 0 Å². The van der Waals surface area contributed by atoms with Crippen molar-refractivity contribution < 1.29 is 23.0 Å². The molecule has 0 radical (unpaired) electrons. The zero-order chi connectivity index (χ0) is 11.3. The van der Waals surface area contributed by atoms with Gasteiger partial charge >= 0.3 is 6.18 Å². The smallest absolute Gasteiger partial charge is 0.382 e. The van der Waals surface area contributed by atoms with E-state index in [0.29, 0.717) is 25.7 Å². The summed E-state index contributed by atoms with van der Waals surface area (Å²) in [6, 6.07) is 0. The van der Waals surface area contributed by atoms with E-state index >= 15 is 0 Å². The molecule has 3 nitrogen and oxygen atoms in total. The van der Waals surface area contributed by atoms with Crippen LogP contribution in [0.25, 0.3) is 0 Å². The van der Waals surface area contributed by atoms with Crippen molar-refractivity contribution in [3.8, 4) is 0 Å². The first-order chi connectivity index (χ1) is 7.00. The van der Waals surface area contributed by atoms with Gasteiger partial charge in [0, 0.05) is 19.8 Å². The molecule has 1 atom stereocenters. The van der Waals surface area contributed by atoms with Crippen LogP contribution in [0.5, 0.6) is 0 Å². The summed E-state index contributed by atoms with van der Waals surface area (Å²) in [5.74, 6) is 0.360. The van der Waals surface area contributed by atoms with Gasteiger partial charge < -0.3 is 15.2 Å². The van der Waals surface area contributed by atoms with Crippen molar-refractivity contribution in [3.63, 3.8) is 0 Å². The number of hydrogen-bond acceptors (Lipinski definition) is 3. The third-order valence-corrected chi connectivity index (χ3v) is 2.49. The highest BCUT2D eigenvalue weighted by Crippen LogP contribution is 2.19. The summed E-state index contributed by atoms with van der Waals surface area (Å²) in [6.45, 7) is 1.43. The van der Waals surface area contributed by atoms with Crippen molar-refractivity contribution in [1.29, 1.82) is 0 Å². The summed E-state index contributed by atoms with van der Waals surface area (Å²) in [6.07, 6.45) is -5.05. The first-order valence-corrected chi connectivity index (χ1v) is 5.03. The lowest BCUT2D eigenvalue weighted by Gasteiger charge is -2.23. The van der Waals surface area contributed by atoms with Crippen LogP contribution in [-0.4, -0.2) is 43.7 Å². The van der Waals surface area contributed by atoms with Crippen molar-refractivity contribution in [2.45, 2.75) is 25.1 Å². The molecule has 90 valence electrons. The largest absolute Gasteiger partial charge is 0.415 e. The van der Waals surface area contributed by atoms with E-state index < -0.39 is 18.8 Å². The molecule has 1 heterocycles. The molecule has 1 aliphatic rings. The zero-order valence-corrected chi connectivity index (χ0v) is 8.39. The number of halogens is 3. The molecular formula is C9H16F3NO2. The van der Waals surface area contributed by atoms with Crippen LogP contribution in [0.15, 0.2) is 0 Å². The van der Waals surface area contributed by atoms with Crippen molar-refractivity contribution in [3.05, 3.63) is 0 Å². The molecule has 0 saturated carbocycles. The minimum absolute atomic E-state index is 0.360. The molecule has 6 heteroatoms. The first-order valence-electron chi connectivity index (χ1n) is 5.03. The summed E-state index contributed by atoms with van der Waals surface area (Å²) in [5.41, 5.74) is 0. The molecule has 1 unspecified atom stereocenters. The molecule has 15 heavy (non-hydrogen) atoms. The van der Waals surface area contributed by atoms with E-state index in [-0.39, 0.29) is 0 Å². The van der Waals surface area contributed by atoms with Gasteiger partial charge in [0.2, 0.25) is 0 Å². The lowest BCUT2D eigenvalue weighted by molar-refractivity contribution is -0.201. The highest BCUT2D eigenvalue weighted by molar-refractivity contribution is 4.71. The molecule has 0 aromatic carbocycles. The maximum atomic E-state index is 11.9. The summed E-state index contributed by atoms with van der Waals surface area (Å²) in [4.78, 5) is 0. The van der Waals surface area contributed by atoms with Gasteiger partial charge in [0.15, 0.2) is 6.10 Å². The molecule has 1 saturated heterocycles. The minimum atomic E-state index is -4.53. The maximum Gasteiger partial charge on any atom is 0.415 e. The van der Waals surface area contributed by atoms with E-state index in [1.54, 1.807) is 0 Å². The van der Waals surface area contributed by atoms with Gasteiger partial charge in [-0.25, -0.2) is 0 Å². The third kappa shape index (κ3) is 4.81. The predicted molar refractivity (Wildman–Crippen MR) is 48.5 cm³/mol. The quantitative estimate of drug-likeness (QED) is 0.750. The molecule has 1 aliphatic heterocycles. The summed E-state index contributed by atoms with van der Waals surface area (Å²) in [5, 5.41) is 11.3. The van der Waals surface area contributed by atoms with Crippen molar-refractivity contribution in [2.24, 2.45) is 5.92 Å². The van der Waals surface area contributed by atoms with Crippen LogP contribution in [-0.2, 0) is 4.74 Å². The molecule has 1 fully saturated rings. The normalized spacial score (nSPS) is 21.6. The number of rotatable bonds is 4. The Bertz CT molecular complexity index is 181. The van der Waals surface area contributed by atoms with Crippen LogP contribution in [0.4, 0.5) is 13.2 Å². The fraction of sp³-hybridized carbons (Fsp3) is 1.00. The summed E-state index contributed by atoms with van der Waals surface area (Å²) < 4.78 is 40.8. The Hall–Kier alpha value is -0.330. The number of alkyl halides is 3. The Morgan fingerprint density at radius 2 is 1.93 bits per heavy atom. The molecule has 1 rings (SSSR count).